The lowest BCUT2D eigenvalue weighted by Gasteiger charge is -2.31. The largest absolute Gasteiger partial charge is 0.495 e. The zero-order valence-electron chi connectivity index (χ0n) is 17.4. The molecular weight excluding hydrogens is 458 g/mol. The van der Waals surface area contributed by atoms with E-state index >= 15 is 0 Å². The third-order valence-electron chi connectivity index (χ3n) is 5.32. The Bertz CT molecular complexity index is 1280. The third-order valence-corrected chi connectivity index (χ3v) is 9.74. The Balaban J connectivity index is 1.77. The van der Waals surface area contributed by atoms with Crippen LogP contribution in [-0.4, -0.2) is 50.0 Å². The number of hydrogen-bond acceptors (Lipinski definition) is 7. The summed E-state index contributed by atoms with van der Waals surface area (Å²) >= 11 is 2.46. The van der Waals surface area contributed by atoms with Crippen LogP contribution >= 0.6 is 22.7 Å². The van der Waals surface area contributed by atoms with Gasteiger partial charge in [-0.15, -0.1) is 11.3 Å². The van der Waals surface area contributed by atoms with E-state index in [-0.39, 0.29) is 4.21 Å². The Labute approximate surface area is 188 Å². The highest BCUT2D eigenvalue weighted by molar-refractivity contribution is 7.91. The van der Waals surface area contributed by atoms with Crippen LogP contribution < -0.4 is 14.3 Å². The quantitative estimate of drug-likeness (QED) is 0.559. The van der Waals surface area contributed by atoms with Gasteiger partial charge in [-0.2, -0.15) is 9.30 Å². The van der Waals surface area contributed by atoms with Crippen LogP contribution in [0, 0.1) is 0 Å². The van der Waals surface area contributed by atoms with Crippen molar-refractivity contribution in [3.63, 3.8) is 0 Å². The van der Waals surface area contributed by atoms with E-state index in [1.165, 1.54) is 15.6 Å². The molecular formula is C20H23N3O5S3. The van der Waals surface area contributed by atoms with Gasteiger partial charge >= 0.3 is 0 Å². The van der Waals surface area contributed by atoms with E-state index in [1.807, 2.05) is 0 Å². The average molecular weight is 482 g/mol. The van der Waals surface area contributed by atoms with Crippen LogP contribution in [0.5, 0.6) is 11.5 Å². The van der Waals surface area contributed by atoms with Gasteiger partial charge in [-0.3, -0.25) is 4.79 Å². The molecule has 1 atom stereocenters. The van der Waals surface area contributed by atoms with E-state index in [0.29, 0.717) is 29.3 Å². The van der Waals surface area contributed by atoms with Crippen molar-refractivity contribution in [1.82, 2.24) is 8.87 Å². The minimum Gasteiger partial charge on any atom is -0.495 e. The number of sulfonamides is 1. The topological polar surface area (TPSA) is 90.2 Å². The summed E-state index contributed by atoms with van der Waals surface area (Å²) in [5.74, 6) is 0.841. The first kappa shape index (κ1) is 22.0. The van der Waals surface area contributed by atoms with Gasteiger partial charge in [0.2, 0.25) is 0 Å². The molecule has 31 heavy (non-hydrogen) atoms. The van der Waals surface area contributed by atoms with Gasteiger partial charge in [0.1, 0.15) is 32.0 Å². The number of carbonyl (C=O) groups is 1. The van der Waals surface area contributed by atoms with Crippen molar-refractivity contribution in [2.75, 3.05) is 20.8 Å². The number of carbonyl (C=O) groups excluding carboxylic acids is 1. The molecule has 3 heterocycles. The molecule has 0 spiro atoms. The number of fused-ring (bicyclic) bond motifs is 1. The van der Waals surface area contributed by atoms with Crippen LogP contribution in [0.1, 0.15) is 19.3 Å². The molecule has 8 nitrogen and oxygen atoms in total. The lowest BCUT2D eigenvalue weighted by molar-refractivity contribution is -0.122. The first-order valence-electron chi connectivity index (χ1n) is 9.73. The van der Waals surface area contributed by atoms with E-state index in [9.17, 15) is 13.2 Å². The van der Waals surface area contributed by atoms with Gasteiger partial charge in [-0.05, 0) is 36.4 Å². The first-order chi connectivity index (χ1) is 14.9. The van der Waals surface area contributed by atoms with Crippen LogP contribution in [0.3, 0.4) is 0 Å². The molecule has 1 saturated heterocycles. The summed E-state index contributed by atoms with van der Waals surface area (Å²) in [6.07, 6.45) is 1.95. The lowest BCUT2D eigenvalue weighted by atomic mass is 10.0. The van der Waals surface area contributed by atoms with Crippen molar-refractivity contribution in [2.24, 2.45) is 12.0 Å². The minimum atomic E-state index is -3.73. The molecule has 0 saturated carbocycles. The molecule has 166 valence electrons. The molecule has 2 aromatic heterocycles. The maximum absolute atomic E-state index is 13.2. The van der Waals surface area contributed by atoms with Crippen molar-refractivity contribution >= 4 is 48.8 Å². The van der Waals surface area contributed by atoms with Crippen molar-refractivity contribution in [1.29, 1.82) is 0 Å². The Morgan fingerprint density at radius 1 is 1.16 bits per heavy atom. The number of amides is 1. The summed E-state index contributed by atoms with van der Waals surface area (Å²) in [5, 5.41) is 1.72. The Kier molecular flexibility index (Phi) is 6.20. The van der Waals surface area contributed by atoms with Crippen LogP contribution in [0.4, 0.5) is 0 Å². The van der Waals surface area contributed by atoms with E-state index in [0.717, 1.165) is 34.4 Å². The predicted molar refractivity (Wildman–Crippen MR) is 120 cm³/mol. The molecule has 1 unspecified atom stereocenters. The molecule has 1 aromatic carbocycles. The maximum Gasteiger partial charge on any atom is 0.266 e. The smallest absolute Gasteiger partial charge is 0.266 e. The van der Waals surface area contributed by atoms with Gasteiger partial charge in [-0.25, -0.2) is 8.42 Å². The molecule has 0 N–H and O–H groups in total. The summed E-state index contributed by atoms with van der Waals surface area (Å²) in [5.41, 5.74) is 0.769. The molecule has 1 fully saturated rings. The second kappa shape index (κ2) is 8.73. The summed E-state index contributed by atoms with van der Waals surface area (Å²) in [6.45, 7) is 0.312. The molecule has 0 aliphatic carbocycles. The summed E-state index contributed by atoms with van der Waals surface area (Å²) in [6, 6.07) is 6.06. The fraction of sp³-hybridized carbons (Fsp3) is 0.400. The summed E-state index contributed by atoms with van der Waals surface area (Å²) in [7, 11) is 1.23. The Morgan fingerprint density at radius 2 is 1.90 bits per heavy atom. The number of thiophene rings is 1. The molecule has 0 radical (unpaired) electrons. The predicted octanol–water partition coefficient (Wildman–Crippen LogP) is 2.99. The average Bonchev–Trinajstić information content (AvgIpc) is 3.43. The number of piperidine rings is 1. The monoisotopic (exact) mass is 481 g/mol. The second-order valence-electron chi connectivity index (χ2n) is 7.10. The van der Waals surface area contributed by atoms with E-state index in [1.54, 1.807) is 55.5 Å². The van der Waals surface area contributed by atoms with Crippen molar-refractivity contribution in [3.05, 3.63) is 34.4 Å². The van der Waals surface area contributed by atoms with Crippen molar-refractivity contribution in [3.8, 4) is 11.5 Å². The highest BCUT2D eigenvalue weighted by Crippen LogP contribution is 2.35. The minimum absolute atomic E-state index is 0.245. The third kappa shape index (κ3) is 3.91. The number of thiazole rings is 1. The number of aryl methyl sites for hydroxylation is 1. The SMILES string of the molecule is COc1ccc(OC)c2c1sc(=NC(=O)C1CCCCN1S(=O)(=O)c1cccs1)n2C. The van der Waals surface area contributed by atoms with Gasteiger partial charge in [-0.1, -0.05) is 23.8 Å². The van der Waals surface area contributed by atoms with Crippen molar-refractivity contribution in [2.45, 2.75) is 29.5 Å². The Morgan fingerprint density at radius 3 is 2.58 bits per heavy atom. The van der Waals surface area contributed by atoms with E-state index in [4.69, 9.17) is 9.47 Å². The zero-order chi connectivity index (χ0) is 22.2. The highest BCUT2D eigenvalue weighted by atomic mass is 32.2. The van der Waals surface area contributed by atoms with Crippen LogP contribution in [0.2, 0.25) is 0 Å². The van der Waals surface area contributed by atoms with E-state index in [2.05, 4.69) is 4.99 Å². The molecule has 1 aliphatic heterocycles. The number of rotatable bonds is 5. The van der Waals surface area contributed by atoms with Gasteiger partial charge in [0.05, 0.1) is 14.2 Å². The number of ether oxygens (including phenoxy) is 2. The van der Waals surface area contributed by atoms with Gasteiger partial charge in [0.25, 0.3) is 15.9 Å². The van der Waals surface area contributed by atoms with Gasteiger partial charge < -0.3 is 14.0 Å². The maximum atomic E-state index is 13.2. The molecule has 11 heteroatoms. The van der Waals surface area contributed by atoms with Crippen LogP contribution in [-0.2, 0) is 21.9 Å². The number of benzene rings is 1. The molecule has 3 aromatic rings. The molecule has 1 aliphatic rings. The number of hydrogen-bond donors (Lipinski definition) is 0. The number of nitrogens with zero attached hydrogens (tertiary/aromatic N) is 3. The fourth-order valence-corrected chi connectivity index (χ4v) is 7.67. The Hall–Kier alpha value is -2.21. The molecule has 4 rings (SSSR count). The number of methoxy groups -OCH3 is 2. The summed E-state index contributed by atoms with van der Waals surface area (Å²) < 4.78 is 41.2. The standard InChI is InChI=1S/C20H23N3O5S3/c1-22-17-14(27-2)9-10-15(28-3)18(17)30-20(22)21-19(24)13-7-4-5-11-23(13)31(25,26)16-8-6-12-29-16/h6,8-10,12-13H,4-5,7,11H2,1-3H3. The fourth-order valence-electron chi connectivity index (χ4n) is 3.76. The molecule has 1 amide bonds. The number of aromatic nitrogens is 1. The normalized spacial score (nSPS) is 18.4. The second-order valence-corrected chi connectivity index (χ2v) is 11.1. The highest BCUT2D eigenvalue weighted by Gasteiger charge is 2.38. The van der Waals surface area contributed by atoms with Crippen LogP contribution in [0.25, 0.3) is 10.2 Å². The molecule has 0 bridgehead atoms. The zero-order valence-corrected chi connectivity index (χ0v) is 19.8. The van der Waals surface area contributed by atoms with E-state index < -0.39 is 22.0 Å². The van der Waals surface area contributed by atoms with Gasteiger partial charge in [0, 0.05) is 13.6 Å². The first-order valence-corrected chi connectivity index (χ1v) is 12.9. The van der Waals surface area contributed by atoms with Crippen LogP contribution in [0.15, 0.2) is 38.8 Å². The summed E-state index contributed by atoms with van der Waals surface area (Å²) in [4.78, 5) is 18.0. The lowest BCUT2D eigenvalue weighted by Crippen LogP contribution is -2.47. The van der Waals surface area contributed by atoms with Crippen molar-refractivity contribution < 1.29 is 22.7 Å². The van der Waals surface area contributed by atoms with Gasteiger partial charge in [0.15, 0.2) is 4.80 Å².